The molecular formula is C20H21N3O. The highest BCUT2D eigenvalue weighted by Gasteiger charge is 2.09. The SMILES string of the molecule is C[C@H](CNC(=O)Cc1cnn(-c2ccccc2)c1)c1ccccc1. The summed E-state index contributed by atoms with van der Waals surface area (Å²) in [4.78, 5) is 12.1. The molecule has 3 aromatic rings. The van der Waals surface area contributed by atoms with Gasteiger partial charge >= 0.3 is 0 Å². The van der Waals surface area contributed by atoms with Gasteiger partial charge in [0.15, 0.2) is 0 Å². The second-order valence-corrected chi connectivity index (χ2v) is 5.92. The molecule has 2 aromatic carbocycles. The Morgan fingerprint density at radius 2 is 1.75 bits per heavy atom. The number of nitrogens with zero attached hydrogens (tertiary/aromatic N) is 2. The molecule has 122 valence electrons. The Hall–Kier alpha value is -2.88. The first-order valence-electron chi connectivity index (χ1n) is 8.13. The van der Waals surface area contributed by atoms with Gasteiger partial charge in [-0.2, -0.15) is 5.10 Å². The number of amides is 1. The minimum absolute atomic E-state index is 0.0189. The second kappa shape index (κ2) is 7.59. The van der Waals surface area contributed by atoms with Crippen LogP contribution in [0.5, 0.6) is 0 Å². The lowest BCUT2D eigenvalue weighted by Crippen LogP contribution is -2.28. The number of benzene rings is 2. The molecule has 4 nitrogen and oxygen atoms in total. The second-order valence-electron chi connectivity index (χ2n) is 5.92. The van der Waals surface area contributed by atoms with E-state index in [1.165, 1.54) is 5.56 Å². The number of rotatable bonds is 6. The number of carbonyl (C=O) groups is 1. The third kappa shape index (κ3) is 4.10. The van der Waals surface area contributed by atoms with Crippen LogP contribution in [0.4, 0.5) is 0 Å². The molecule has 0 fully saturated rings. The largest absolute Gasteiger partial charge is 0.355 e. The molecule has 0 saturated carbocycles. The first-order valence-corrected chi connectivity index (χ1v) is 8.13. The molecule has 0 aliphatic carbocycles. The van der Waals surface area contributed by atoms with Crippen LogP contribution < -0.4 is 5.32 Å². The summed E-state index contributed by atoms with van der Waals surface area (Å²) in [7, 11) is 0. The normalized spacial score (nSPS) is 11.9. The summed E-state index contributed by atoms with van der Waals surface area (Å²) in [6.07, 6.45) is 3.98. The lowest BCUT2D eigenvalue weighted by molar-refractivity contribution is -0.120. The maximum Gasteiger partial charge on any atom is 0.224 e. The van der Waals surface area contributed by atoms with Crippen molar-refractivity contribution < 1.29 is 4.79 Å². The molecule has 0 aliphatic heterocycles. The number of nitrogens with one attached hydrogen (secondary N) is 1. The van der Waals surface area contributed by atoms with Gasteiger partial charge in [-0.15, -0.1) is 0 Å². The summed E-state index contributed by atoms with van der Waals surface area (Å²) in [6.45, 7) is 2.75. The van der Waals surface area contributed by atoms with E-state index in [2.05, 4.69) is 29.5 Å². The Labute approximate surface area is 142 Å². The summed E-state index contributed by atoms with van der Waals surface area (Å²) in [5.74, 6) is 0.313. The van der Waals surface area contributed by atoms with Crippen molar-refractivity contribution in [1.82, 2.24) is 15.1 Å². The van der Waals surface area contributed by atoms with Gasteiger partial charge in [-0.3, -0.25) is 4.79 Å². The number of carbonyl (C=O) groups excluding carboxylic acids is 1. The van der Waals surface area contributed by atoms with E-state index in [9.17, 15) is 4.79 Å². The van der Waals surface area contributed by atoms with Gasteiger partial charge in [-0.1, -0.05) is 55.5 Å². The first-order chi connectivity index (χ1) is 11.7. The van der Waals surface area contributed by atoms with Crippen molar-refractivity contribution >= 4 is 5.91 Å². The fourth-order valence-electron chi connectivity index (χ4n) is 2.59. The van der Waals surface area contributed by atoms with Gasteiger partial charge in [0.05, 0.1) is 18.3 Å². The standard InChI is InChI=1S/C20H21N3O/c1-16(18-8-4-2-5-9-18)13-21-20(24)12-17-14-22-23(15-17)19-10-6-3-7-11-19/h2-11,14-16H,12-13H2,1H3,(H,21,24)/t16-/m1/s1. The predicted octanol–water partition coefficient (Wildman–Crippen LogP) is 3.33. The van der Waals surface area contributed by atoms with Crippen molar-refractivity contribution in [3.8, 4) is 5.69 Å². The summed E-state index contributed by atoms with van der Waals surface area (Å²) < 4.78 is 1.79. The van der Waals surface area contributed by atoms with E-state index < -0.39 is 0 Å². The van der Waals surface area contributed by atoms with Crippen LogP contribution in [0.15, 0.2) is 73.1 Å². The maximum absolute atomic E-state index is 12.1. The Morgan fingerprint density at radius 1 is 1.08 bits per heavy atom. The molecule has 4 heteroatoms. The molecule has 0 unspecified atom stereocenters. The van der Waals surface area contributed by atoms with E-state index >= 15 is 0 Å². The molecule has 1 aromatic heterocycles. The molecular weight excluding hydrogens is 298 g/mol. The molecule has 24 heavy (non-hydrogen) atoms. The Morgan fingerprint density at radius 3 is 2.46 bits per heavy atom. The summed E-state index contributed by atoms with van der Waals surface area (Å²) in [6, 6.07) is 20.1. The zero-order valence-corrected chi connectivity index (χ0v) is 13.7. The molecule has 1 N–H and O–H groups in total. The molecule has 1 heterocycles. The smallest absolute Gasteiger partial charge is 0.224 e. The van der Waals surface area contributed by atoms with Crippen molar-refractivity contribution in [2.24, 2.45) is 0 Å². The van der Waals surface area contributed by atoms with Gasteiger partial charge < -0.3 is 5.32 Å². The zero-order valence-electron chi connectivity index (χ0n) is 13.7. The van der Waals surface area contributed by atoms with Crippen molar-refractivity contribution in [3.63, 3.8) is 0 Å². The van der Waals surface area contributed by atoms with Crippen LogP contribution in [0, 0.1) is 0 Å². The molecule has 0 bridgehead atoms. The zero-order chi connectivity index (χ0) is 16.8. The fraction of sp³-hybridized carbons (Fsp3) is 0.200. The molecule has 0 radical (unpaired) electrons. The van der Waals surface area contributed by atoms with E-state index in [1.807, 2.05) is 54.7 Å². The van der Waals surface area contributed by atoms with Gasteiger partial charge in [-0.05, 0) is 29.2 Å². The Balaban J connectivity index is 1.53. The van der Waals surface area contributed by atoms with Crippen LogP contribution in [-0.2, 0) is 11.2 Å². The lowest BCUT2D eigenvalue weighted by atomic mass is 10.0. The van der Waals surface area contributed by atoms with Gasteiger partial charge in [-0.25, -0.2) is 4.68 Å². The highest BCUT2D eigenvalue weighted by molar-refractivity contribution is 5.78. The third-order valence-corrected chi connectivity index (χ3v) is 4.00. The van der Waals surface area contributed by atoms with E-state index in [4.69, 9.17) is 0 Å². The maximum atomic E-state index is 12.1. The van der Waals surface area contributed by atoms with Crippen molar-refractivity contribution in [3.05, 3.63) is 84.2 Å². The lowest BCUT2D eigenvalue weighted by Gasteiger charge is -2.12. The van der Waals surface area contributed by atoms with Crippen molar-refractivity contribution in [2.45, 2.75) is 19.3 Å². The van der Waals surface area contributed by atoms with E-state index in [0.29, 0.717) is 18.9 Å². The van der Waals surface area contributed by atoms with Gasteiger partial charge in [0.2, 0.25) is 5.91 Å². The number of hydrogen-bond donors (Lipinski definition) is 1. The molecule has 1 amide bonds. The van der Waals surface area contributed by atoms with E-state index in [0.717, 1.165) is 11.3 Å². The summed E-state index contributed by atoms with van der Waals surface area (Å²) in [5.41, 5.74) is 3.13. The average Bonchev–Trinajstić information content (AvgIpc) is 3.09. The first kappa shape index (κ1) is 16.0. The van der Waals surface area contributed by atoms with Crippen LogP contribution in [0.25, 0.3) is 5.69 Å². The van der Waals surface area contributed by atoms with Crippen LogP contribution in [0.2, 0.25) is 0 Å². The van der Waals surface area contributed by atoms with Crippen LogP contribution in [0.1, 0.15) is 24.0 Å². The Bertz CT molecular complexity index is 781. The minimum atomic E-state index is 0.0189. The third-order valence-electron chi connectivity index (χ3n) is 4.00. The van der Waals surface area contributed by atoms with Crippen molar-refractivity contribution in [1.29, 1.82) is 0 Å². The molecule has 0 spiro atoms. The van der Waals surface area contributed by atoms with Crippen LogP contribution >= 0.6 is 0 Å². The minimum Gasteiger partial charge on any atom is -0.355 e. The number of hydrogen-bond acceptors (Lipinski definition) is 2. The average molecular weight is 319 g/mol. The van der Waals surface area contributed by atoms with Crippen LogP contribution in [-0.4, -0.2) is 22.2 Å². The molecule has 0 aliphatic rings. The monoisotopic (exact) mass is 319 g/mol. The topological polar surface area (TPSA) is 46.9 Å². The molecule has 1 atom stereocenters. The summed E-state index contributed by atoms with van der Waals surface area (Å²) in [5, 5.41) is 7.32. The Kier molecular flexibility index (Phi) is 5.06. The van der Waals surface area contributed by atoms with Gasteiger partial charge in [0.1, 0.15) is 0 Å². The predicted molar refractivity (Wildman–Crippen MR) is 95.1 cm³/mol. The van der Waals surface area contributed by atoms with E-state index in [1.54, 1.807) is 10.9 Å². The highest BCUT2D eigenvalue weighted by atomic mass is 16.1. The van der Waals surface area contributed by atoms with E-state index in [-0.39, 0.29) is 5.91 Å². The van der Waals surface area contributed by atoms with Crippen molar-refractivity contribution in [2.75, 3.05) is 6.54 Å². The van der Waals surface area contributed by atoms with Gasteiger partial charge in [0.25, 0.3) is 0 Å². The van der Waals surface area contributed by atoms with Gasteiger partial charge in [0, 0.05) is 12.7 Å². The number of para-hydroxylation sites is 1. The fourth-order valence-corrected chi connectivity index (χ4v) is 2.59. The number of aromatic nitrogens is 2. The summed E-state index contributed by atoms with van der Waals surface area (Å²) >= 11 is 0. The molecule has 0 saturated heterocycles. The van der Waals surface area contributed by atoms with Crippen LogP contribution in [0.3, 0.4) is 0 Å². The quantitative estimate of drug-likeness (QED) is 0.757. The molecule has 3 rings (SSSR count). The highest BCUT2D eigenvalue weighted by Crippen LogP contribution is 2.13.